The number of hydrogen-bond donors (Lipinski definition) is 1. The quantitative estimate of drug-likeness (QED) is 0.933. The largest absolute Gasteiger partial charge is 0.496 e. The molecule has 2 N–H and O–H groups in total. The van der Waals surface area contributed by atoms with Crippen molar-refractivity contribution in [2.75, 3.05) is 7.11 Å². The Morgan fingerprint density at radius 1 is 1.41 bits per heavy atom. The van der Waals surface area contributed by atoms with Gasteiger partial charge in [0.2, 0.25) is 0 Å². The van der Waals surface area contributed by atoms with Crippen LogP contribution in [0.4, 0.5) is 0 Å². The van der Waals surface area contributed by atoms with Gasteiger partial charge in [-0.15, -0.1) is 11.3 Å². The molecule has 2 aromatic rings. The van der Waals surface area contributed by atoms with Crippen LogP contribution in [0.2, 0.25) is 0 Å². The molecule has 0 radical (unpaired) electrons. The number of rotatable bonds is 3. The second kappa shape index (κ2) is 5.21. The predicted octanol–water partition coefficient (Wildman–Crippen LogP) is 3.88. The third-order valence-corrected chi connectivity index (χ3v) is 4.51. The summed E-state index contributed by atoms with van der Waals surface area (Å²) in [6.07, 6.45) is 0. The summed E-state index contributed by atoms with van der Waals surface area (Å²) < 4.78 is 6.46. The van der Waals surface area contributed by atoms with Crippen LogP contribution in [0.5, 0.6) is 5.75 Å². The summed E-state index contributed by atoms with van der Waals surface area (Å²) in [6.45, 7) is 2.03. The van der Waals surface area contributed by atoms with E-state index >= 15 is 0 Å². The zero-order valence-corrected chi connectivity index (χ0v) is 12.1. The molecule has 0 spiro atoms. The third-order valence-electron chi connectivity index (χ3n) is 2.70. The van der Waals surface area contributed by atoms with Crippen LogP contribution < -0.4 is 10.5 Å². The predicted molar refractivity (Wildman–Crippen MR) is 75.8 cm³/mol. The third kappa shape index (κ3) is 2.54. The van der Waals surface area contributed by atoms with Crippen LogP contribution in [-0.4, -0.2) is 7.11 Å². The fraction of sp³-hybridized carbons (Fsp3) is 0.231. The van der Waals surface area contributed by atoms with Gasteiger partial charge in [0.1, 0.15) is 5.75 Å². The van der Waals surface area contributed by atoms with E-state index in [1.165, 1.54) is 0 Å². The van der Waals surface area contributed by atoms with Crippen molar-refractivity contribution in [1.82, 2.24) is 0 Å². The van der Waals surface area contributed by atoms with Gasteiger partial charge in [0, 0.05) is 14.9 Å². The van der Waals surface area contributed by atoms with Crippen LogP contribution in [0.1, 0.15) is 22.0 Å². The molecular formula is C13H14BrNOS. The van der Waals surface area contributed by atoms with E-state index in [0.29, 0.717) is 0 Å². The van der Waals surface area contributed by atoms with Crippen LogP contribution in [0.15, 0.2) is 34.1 Å². The molecule has 1 aromatic carbocycles. The van der Waals surface area contributed by atoms with Gasteiger partial charge in [-0.2, -0.15) is 0 Å². The lowest BCUT2D eigenvalue weighted by Gasteiger charge is -2.16. The van der Waals surface area contributed by atoms with Crippen molar-refractivity contribution in [2.24, 2.45) is 5.73 Å². The summed E-state index contributed by atoms with van der Waals surface area (Å²) in [6, 6.07) is 7.96. The average Bonchev–Trinajstić information content (AvgIpc) is 2.84. The lowest BCUT2D eigenvalue weighted by Crippen LogP contribution is -2.12. The van der Waals surface area contributed by atoms with Crippen LogP contribution in [0, 0.1) is 6.92 Å². The fourth-order valence-corrected chi connectivity index (χ4v) is 2.82. The maximum absolute atomic E-state index is 6.27. The van der Waals surface area contributed by atoms with Gasteiger partial charge in [-0.3, -0.25) is 0 Å². The molecule has 0 bridgehead atoms. The second-order valence-corrected chi connectivity index (χ2v) is 5.67. The minimum atomic E-state index is -0.137. The first-order valence-corrected chi connectivity index (χ1v) is 6.93. The molecule has 90 valence electrons. The van der Waals surface area contributed by atoms with Crippen molar-refractivity contribution in [3.8, 4) is 5.75 Å². The molecule has 2 nitrogen and oxygen atoms in total. The molecule has 1 heterocycles. The number of thiophene rings is 1. The number of hydrogen-bond acceptors (Lipinski definition) is 3. The van der Waals surface area contributed by atoms with Gasteiger partial charge >= 0.3 is 0 Å². The number of benzene rings is 1. The Labute approximate surface area is 114 Å². The van der Waals surface area contributed by atoms with E-state index in [-0.39, 0.29) is 6.04 Å². The maximum atomic E-state index is 6.27. The van der Waals surface area contributed by atoms with Crippen molar-refractivity contribution in [3.05, 3.63) is 50.1 Å². The highest BCUT2D eigenvalue weighted by Crippen LogP contribution is 2.34. The van der Waals surface area contributed by atoms with Crippen molar-refractivity contribution >= 4 is 27.3 Å². The van der Waals surface area contributed by atoms with E-state index in [1.807, 2.05) is 36.6 Å². The summed E-state index contributed by atoms with van der Waals surface area (Å²) in [7, 11) is 1.67. The number of ether oxygens (including phenoxy) is 1. The number of halogens is 1. The van der Waals surface area contributed by atoms with Crippen LogP contribution in [0.3, 0.4) is 0 Å². The highest BCUT2D eigenvalue weighted by atomic mass is 79.9. The first-order chi connectivity index (χ1) is 8.13. The van der Waals surface area contributed by atoms with Crippen molar-refractivity contribution in [3.63, 3.8) is 0 Å². The SMILES string of the molecule is COc1cc(C)c(Br)cc1C(N)c1cccs1. The minimum Gasteiger partial charge on any atom is -0.496 e. The molecule has 0 aliphatic heterocycles. The van der Waals surface area contributed by atoms with Crippen molar-refractivity contribution < 1.29 is 4.74 Å². The van der Waals surface area contributed by atoms with Gasteiger partial charge < -0.3 is 10.5 Å². The molecule has 0 aliphatic carbocycles. The van der Waals surface area contributed by atoms with Gasteiger partial charge in [0.25, 0.3) is 0 Å². The molecule has 1 atom stereocenters. The lowest BCUT2D eigenvalue weighted by molar-refractivity contribution is 0.407. The lowest BCUT2D eigenvalue weighted by atomic mass is 10.0. The molecule has 0 saturated carbocycles. The van der Waals surface area contributed by atoms with E-state index in [2.05, 4.69) is 15.9 Å². The van der Waals surface area contributed by atoms with E-state index in [9.17, 15) is 0 Å². The Kier molecular flexibility index (Phi) is 3.86. The monoisotopic (exact) mass is 311 g/mol. The maximum Gasteiger partial charge on any atom is 0.124 e. The molecule has 0 fully saturated rings. The van der Waals surface area contributed by atoms with Crippen LogP contribution in [0.25, 0.3) is 0 Å². The van der Waals surface area contributed by atoms with Gasteiger partial charge in [-0.1, -0.05) is 22.0 Å². The molecular weight excluding hydrogens is 298 g/mol. The van der Waals surface area contributed by atoms with Crippen LogP contribution in [-0.2, 0) is 0 Å². The van der Waals surface area contributed by atoms with Gasteiger partial charge in [-0.05, 0) is 36.1 Å². The molecule has 1 unspecified atom stereocenters. The second-order valence-electron chi connectivity index (χ2n) is 3.84. The number of methoxy groups -OCH3 is 1. The van der Waals surface area contributed by atoms with Gasteiger partial charge in [-0.25, -0.2) is 0 Å². The Balaban J connectivity index is 2.47. The number of aryl methyl sites for hydroxylation is 1. The van der Waals surface area contributed by atoms with Crippen molar-refractivity contribution in [2.45, 2.75) is 13.0 Å². The molecule has 4 heteroatoms. The molecule has 0 saturated heterocycles. The summed E-state index contributed by atoms with van der Waals surface area (Å²) in [5.74, 6) is 0.839. The Bertz CT molecular complexity index is 510. The summed E-state index contributed by atoms with van der Waals surface area (Å²) >= 11 is 5.19. The van der Waals surface area contributed by atoms with Crippen molar-refractivity contribution in [1.29, 1.82) is 0 Å². The number of nitrogens with two attached hydrogens (primary N) is 1. The minimum absolute atomic E-state index is 0.137. The average molecular weight is 312 g/mol. The normalized spacial score (nSPS) is 12.5. The summed E-state index contributed by atoms with van der Waals surface area (Å²) in [4.78, 5) is 1.14. The van der Waals surface area contributed by atoms with Crippen LogP contribution >= 0.6 is 27.3 Å². The summed E-state index contributed by atoms with van der Waals surface area (Å²) in [5, 5.41) is 2.03. The Hall–Kier alpha value is -0.840. The van der Waals surface area contributed by atoms with E-state index in [4.69, 9.17) is 10.5 Å². The topological polar surface area (TPSA) is 35.2 Å². The molecule has 0 amide bonds. The Morgan fingerprint density at radius 3 is 2.76 bits per heavy atom. The highest BCUT2D eigenvalue weighted by Gasteiger charge is 2.16. The zero-order chi connectivity index (χ0) is 12.4. The first-order valence-electron chi connectivity index (χ1n) is 5.26. The van der Waals surface area contributed by atoms with E-state index in [0.717, 1.165) is 26.2 Å². The fourth-order valence-electron chi connectivity index (χ4n) is 1.71. The highest BCUT2D eigenvalue weighted by molar-refractivity contribution is 9.10. The molecule has 1 aromatic heterocycles. The molecule has 17 heavy (non-hydrogen) atoms. The van der Waals surface area contributed by atoms with E-state index in [1.54, 1.807) is 18.4 Å². The Morgan fingerprint density at radius 2 is 2.18 bits per heavy atom. The smallest absolute Gasteiger partial charge is 0.124 e. The van der Waals surface area contributed by atoms with Gasteiger partial charge in [0.05, 0.1) is 13.2 Å². The molecule has 0 aliphatic rings. The van der Waals surface area contributed by atoms with Gasteiger partial charge in [0.15, 0.2) is 0 Å². The summed E-state index contributed by atoms with van der Waals surface area (Å²) in [5.41, 5.74) is 8.42. The zero-order valence-electron chi connectivity index (χ0n) is 9.74. The standard InChI is InChI=1S/C13H14BrNOS/c1-8-6-11(16-2)9(7-10(8)14)13(15)12-4-3-5-17-12/h3-7,13H,15H2,1-2H3. The molecule has 2 rings (SSSR count). The first kappa shape index (κ1) is 12.6. The van der Waals surface area contributed by atoms with E-state index < -0.39 is 0 Å².